The summed E-state index contributed by atoms with van der Waals surface area (Å²) in [5.41, 5.74) is 0. The molecule has 0 aromatic carbocycles. The van der Waals surface area contributed by atoms with Gasteiger partial charge in [0.15, 0.2) is 5.76 Å². The van der Waals surface area contributed by atoms with E-state index in [0.717, 1.165) is 38.6 Å². The third kappa shape index (κ3) is 4.26. The molecular formula is C16H24ClN3O3. The first kappa shape index (κ1) is 17.8. The molecular weight excluding hydrogens is 318 g/mol. The van der Waals surface area contributed by atoms with E-state index < -0.39 is 0 Å². The number of amides is 2. The van der Waals surface area contributed by atoms with Gasteiger partial charge in [0.2, 0.25) is 5.91 Å². The van der Waals surface area contributed by atoms with E-state index in [1.54, 1.807) is 17.0 Å². The fourth-order valence-electron chi connectivity index (χ4n) is 3.26. The zero-order valence-corrected chi connectivity index (χ0v) is 13.9. The van der Waals surface area contributed by atoms with Gasteiger partial charge in [0.1, 0.15) is 6.04 Å². The van der Waals surface area contributed by atoms with E-state index in [1.165, 1.54) is 6.26 Å². The lowest BCUT2D eigenvalue weighted by atomic mass is 10.0. The molecule has 0 bridgehead atoms. The Morgan fingerprint density at radius 1 is 1.30 bits per heavy atom. The highest BCUT2D eigenvalue weighted by atomic mass is 35.5. The van der Waals surface area contributed by atoms with E-state index >= 15 is 0 Å². The Bertz CT molecular complexity index is 515. The molecule has 6 nitrogen and oxygen atoms in total. The highest BCUT2D eigenvalue weighted by Gasteiger charge is 2.33. The average Bonchev–Trinajstić information content (AvgIpc) is 3.25. The second-order valence-electron chi connectivity index (χ2n) is 6.03. The van der Waals surface area contributed by atoms with Crippen molar-refractivity contribution in [1.82, 2.24) is 15.5 Å². The second-order valence-corrected chi connectivity index (χ2v) is 6.03. The Morgan fingerprint density at radius 2 is 2.17 bits per heavy atom. The third-order valence-electron chi connectivity index (χ3n) is 4.48. The van der Waals surface area contributed by atoms with Crippen molar-refractivity contribution in [2.75, 3.05) is 19.6 Å². The zero-order valence-electron chi connectivity index (χ0n) is 13.1. The molecule has 7 heteroatoms. The van der Waals surface area contributed by atoms with E-state index in [2.05, 4.69) is 10.6 Å². The van der Waals surface area contributed by atoms with Crippen molar-refractivity contribution in [3.8, 4) is 0 Å². The summed E-state index contributed by atoms with van der Waals surface area (Å²) in [6, 6.07) is 3.32. The minimum atomic E-state index is -0.382. The molecule has 1 aromatic heterocycles. The molecule has 23 heavy (non-hydrogen) atoms. The van der Waals surface area contributed by atoms with Gasteiger partial charge in [-0.05, 0) is 50.8 Å². The van der Waals surface area contributed by atoms with Gasteiger partial charge in [-0.25, -0.2) is 0 Å². The molecule has 2 N–H and O–H groups in total. The summed E-state index contributed by atoms with van der Waals surface area (Å²) in [7, 11) is 0. The maximum atomic E-state index is 12.5. The number of carbonyl (C=O) groups excluding carboxylic acids is 2. The van der Waals surface area contributed by atoms with Gasteiger partial charge >= 0.3 is 0 Å². The molecule has 2 aliphatic heterocycles. The maximum Gasteiger partial charge on any atom is 0.290 e. The number of nitrogens with one attached hydrogen (secondary N) is 2. The van der Waals surface area contributed by atoms with Gasteiger partial charge in [-0.1, -0.05) is 0 Å². The highest BCUT2D eigenvalue weighted by molar-refractivity contribution is 5.95. The summed E-state index contributed by atoms with van der Waals surface area (Å²) in [5, 5.41) is 6.36. The smallest absolute Gasteiger partial charge is 0.290 e. The molecule has 2 atom stereocenters. The number of hydrogen-bond acceptors (Lipinski definition) is 4. The standard InChI is InChI=1S/C16H23N3O3.ClH/c20-15(18-11-12-5-3-8-17-12)13-6-1-2-9-19(13)16(21)14-7-4-10-22-14;/h4,7,10,12-13,17H,1-3,5-6,8-9,11H2,(H,18,20);1H. The molecule has 3 rings (SSSR count). The van der Waals surface area contributed by atoms with Crippen LogP contribution in [0.25, 0.3) is 0 Å². The minimum absolute atomic E-state index is 0. The number of halogens is 1. The van der Waals surface area contributed by atoms with Crippen LogP contribution in [0, 0.1) is 0 Å². The van der Waals surface area contributed by atoms with Crippen LogP contribution >= 0.6 is 12.4 Å². The molecule has 0 aliphatic carbocycles. The Hall–Kier alpha value is -1.53. The van der Waals surface area contributed by atoms with Gasteiger partial charge in [-0.2, -0.15) is 0 Å². The third-order valence-corrected chi connectivity index (χ3v) is 4.48. The Kier molecular flexibility index (Phi) is 6.47. The maximum absolute atomic E-state index is 12.5. The van der Waals surface area contributed by atoms with Crippen molar-refractivity contribution >= 4 is 24.2 Å². The van der Waals surface area contributed by atoms with Gasteiger partial charge in [-0.3, -0.25) is 9.59 Å². The van der Waals surface area contributed by atoms with Gasteiger partial charge < -0.3 is 20.0 Å². The first-order valence-corrected chi connectivity index (χ1v) is 8.11. The first-order valence-electron chi connectivity index (χ1n) is 8.11. The van der Waals surface area contributed by atoms with Crippen LogP contribution in [0.5, 0.6) is 0 Å². The zero-order chi connectivity index (χ0) is 15.4. The van der Waals surface area contributed by atoms with Crippen molar-refractivity contribution in [3.05, 3.63) is 24.2 Å². The Morgan fingerprint density at radius 3 is 2.87 bits per heavy atom. The lowest BCUT2D eigenvalue weighted by Crippen LogP contribution is -2.53. The summed E-state index contributed by atoms with van der Waals surface area (Å²) < 4.78 is 5.18. The largest absolute Gasteiger partial charge is 0.459 e. The van der Waals surface area contributed by atoms with Crippen LogP contribution in [0.3, 0.4) is 0 Å². The van der Waals surface area contributed by atoms with Crippen LogP contribution < -0.4 is 10.6 Å². The number of rotatable bonds is 4. The number of furan rings is 1. The molecule has 0 saturated carbocycles. The lowest BCUT2D eigenvalue weighted by molar-refractivity contribution is -0.126. The molecule has 2 fully saturated rings. The van der Waals surface area contributed by atoms with E-state index in [0.29, 0.717) is 24.9 Å². The molecule has 2 unspecified atom stereocenters. The normalized spacial score (nSPS) is 24.1. The summed E-state index contributed by atoms with van der Waals surface area (Å²) in [5.74, 6) is 0.0642. The fraction of sp³-hybridized carbons (Fsp3) is 0.625. The molecule has 1 aromatic rings. The Labute approximate surface area is 142 Å². The number of hydrogen-bond donors (Lipinski definition) is 2. The fourth-order valence-corrected chi connectivity index (χ4v) is 3.26. The molecule has 3 heterocycles. The number of likely N-dealkylation sites (tertiary alicyclic amines) is 1. The van der Waals surface area contributed by atoms with Crippen molar-refractivity contribution in [2.24, 2.45) is 0 Å². The van der Waals surface area contributed by atoms with Crippen LogP contribution in [0.15, 0.2) is 22.8 Å². The topological polar surface area (TPSA) is 74.6 Å². The molecule has 2 aliphatic rings. The van der Waals surface area contributed by atoms with Gasteiger partial charge in [0, 0.05) is 19.1 Å². The predicted octanol–water partition coefficient (Wildman–Crippen LogP) is 1.56. The van der Waals surface area contributed by atoms with Crippen molar-refractivity contribution < 1.29 is 14.0 Å². The van der Waals surface area contributed by atoms with E-state index in [-0.39, 0.29) is 30.3 Å². The highest BCUT2D eigenvalue weighted by Crippen LogP contribution is 2.20. The molecule has 0 radical (unpaired) electrons. The van der Waals surface area contributed by atoms with E-state index in [9.17, 15) is 9.59 Å². The van der Waals surface area contributed by atoms with Gasteiger partial charge in [0.25, 0.3) is 5.91 Å². The van der Waals surface area contributed by atoms with Crippen LogP contribution in [0.2, 0.25) is 0 Å². The van der Waals surface area contributed by atoms with Crippen LogP contribution in [0.1, 0.15) is 42.7 Å². The summed E-state index contributed by atoms with van der Waals surface area (Å²) in [4.78, 5) is 26.6. The summed E-state index contributed by atoms with van der Waals surface area (Å²) >= 11 is 0. The monoisotopic (exact) mass is 341 g/mol. The first-order chi connectivity index (χ1) is 10.8. The van der Waals surface area contributed by atoms with Crippen LogP contribution in [0.4, 0.5) is 0 Å². The van der Waals surface area contributed by atoms with E-state index in [1.807, 2.05) is 0 Å². The number of nitrogens with zero attached hydrogens (tertiary/aromatic N) is 1. The summed E-state index contributed by atoms with van der Waals surface area (Å²) in [6.45, 7) is 2.27. The van der Waals surface area contributed by atoms with E-state index in [4.69, 9.17) is 4.42 Å². The van der Waals surface area contributed by atoms with Crippen molar-refractivity contribution in [2.45, 2.75) is 44.2 Å². The molecule has 2 amide bonds. The van der Waals surface area contributed by atoms with Crippen molar-refractivity contribution in [3.63, 3.8) is 0 Å². The number of carbonyl (C=O) groups is 2. The molecule has 2 saturated heterocycles. The second kappa shape index (κ2) is 8.36. The SMILES string of the molecule is Cl.O=C(NCC1CCCN1)C1CCCCN1C(=O)c1ccco1. The van der Waals surface area contributed by atoms with Crippen molar-refractivity contribution in [1.29, 1.82) is 0 Å². The predicted molar refractivity (Wildman–Crippen MR) is 88.7 cm³/mol. The van der Waals surface area contributed by atoms with Crippen LogP contribution in [-0.2, 0) is 4.79 Å². The number of piperidine rings is 1. The Balaban J connectivity index is 0.00000192. The quantitative estimate of drug-likeness (QED) is 0.871. The molecule has 0 spiro atoms. The summed E-state index contributed by atoms with van der Waals surface area (Å²) in [6.07, 6.45) is 6.36. The van der Waals surface area contributed by atoms with Crippen LogP contribution in [-0.4, -0.2) is 48.4 Å². The lowest BCUT2D eigenvalue weighted by Gasteiger charge is -2.34. The average molecular weight is 342 g/mol. The van der Waals surface area contributed by atoms with Gasteiger partial charge in [-0.15, -0.1) is 12.4 Å². The molecule has 128 valence electrons. The van der Waals surface area contributed by atoms with Gasteiger partial charge in [0.05, 0.1) is 6.26 Å². The minimum Gasteiger partial charge on any atom is -0.459 e.